The molecule has 0 unspecified atom stereocenters. The molecule has 0 bridgehead atoms. The van der Waals surface area contributed by atoms with Crippen molar-refractivity contribution in [3.05, 3.63) is 58.0 Å². The summed E-state index contributed by atoms with van der Waals surface area (Å²) >= 11 is 7.63. The average molecular weight is 316 g/mol. The second-order valence-electron chi connectivity index (χ2n) is 5.20. The zero-order valence-corrected chi connectivity index (χ0v) is 13.0. The van der Waals surface area contributed by atoms with Crippen LogP contribution < -0.4 is 0 Å². The van der Waals surface area contributed by atoms with E-state index in [1.807, 2.05) is 12.1 Å². The van der Waals surface area contributed by atoms with Crippen LogP contribution in [0.1, 0.15) is 10.6 Å². The summed E-state index contributed by atoms with van der Waals surface area (Å²) in [6.07, 6.45) is 10.3. The summed E-state index contributed by atoms with van der Waals surface area (Å²) in [6.45, 7) is 2.12. The Labute approximate surface area is 132 Å². The molecule has 0 aromatic carbocycles. The first-order valence-electron chi connectivity index (χ1n) is 7.03. The number of allylic oxidation sites excluding steroid dienone is 3. The van der Waals surface area contributed by atoms with Crippen molar-refractivity contribution in [2.24, 2.45) is 0 Å². The normalized spacial score (nSPS) is 17.0. The molecule has 2 aromatic rings. The highest BCUT2D eigenvalue weighted by atomic mass is 35.5. The maximum absolute atomic E-state index is 5.84. The number of aromatic nitrogens is 2. The third-order valence-corrected chi connectivity index (χ3v) is 5.31. The first-order valence-corrected chi connectivity index (χ1v) is 8.23. The van der Waals surface area contributed by atoms with E-state index in [-0.39, 0.29) is 0 Å². The Hall–Kier alpha value is -1.65. The van der Waals surface area contributed by atoms with E-state index < -0.39 is 0 Å². The maximum atomic E-state index is 5.84. The van der Waals surface area contributed by atoms with Gasteiger partial charge in [-0.25, -0.2) is 9.97 Å². The average Bonchev–Trinajstić information content (AvgIpc) is 2.75. The highest BCUT2D eigenvalue weighted by Gasteiger charge is 2.20. The molecular formula is C16H14ClN3S. The van der Waals surface area contributed by atoms with Gasteiger partial charge in [-0.2, -0.15) is 0 Å². The van der Waals surface area contributed by atoms with Crippen molar-refractivity contribution in [3.8, 4) is 10.6 Å². The topological polar surface area (TPSA) is 29.0 Å². The molecule has 0 atom stereocenters. The fraction of sp³-hybridized carbons (Fsp3) is 0.250. The highest BCUT2D eigenvalue weighted by Crippen LogP contribution is 2.31. The van der Waals surface area contributed by atoms with Crippen LogP contribution in [0.3, 0.4) is 0 Å². The molecular weight excluding hydrogens is 302 g/mol. The minimum Gasteiger partial charge on any atom is -0.371 e. The Morgan fingerprint density at radius 3 is 2.76 bits per heavy atom. The van der Waals surface area contributed by atoms with E-state index in [1.165, 1.54) is 16.3 Å². The summed E-state index contributed by atoms with van der Waals surface area (Å²) in [4.78, 5) is 12.8. The van der Waals surface area contributed by atoms with Gasteiger partial charge in [0.2, 0.25) is 0 Å². The quantitative estimate of drug-likeness (QED) is 0.791. The van der Waals surface area contributed by atoms with Crippen LogP contribution >= 0.6 is 22.9 Å². The molecule has 0 amide bonds. The van der Waals surface area contributed by atoms with Gasteiger partial charge in [0.25, 0.3) is 0 Å². The lowest BCUT2D eigenvalue weighted by Crippen LogP contribution is -2.26. The first kappa shape index (κ1) is 13.0. The lowest BCUT2D eigenvalue weighted by atomic mass is 10.2. The molecule has 0 radical (unpaired) electrons. The Balaban J connectivity index is 1.56. The molecule has 1 aliphatic heterocycles. The van der Waals surface area contributed by atoms with E-state index in [0.29, 0.717) is 5.15 Å². The number of rotatable bonds is 2. The Morgan fingerprint density at radius 2 is 2.05 bits per heavy atom. The van der Waals surface area contributed by atoms with Gasteiger partial charge in [-0.05, 0) is 24.3 Å². The van der Waals surface area contributed by atoms with Crippen LogP contribution in [0, 0.1) is 0 Å². The van der Waals surface area contributed by atoms with E-state index in [1.54, 1.807) is 17.5 Å². The van der Waals surface area contributed by atoms with Gasteiger partial charge in [-0.15, -0.1) is 11.3 Å². The molecule has 0 saturated heterocycles. The molecule has 0 spiro atoms. The van der Waals surface area contributed by atoms with Crippen molar-refractivity contribution >= 4 is 22.9 Å². The largest absolute Gasteiger partial charge is 0.371 e. The minimum atomic E-state index is 0.523. The smallest absolute Gasteiger partial charge is 0.129 e. The van der Waals surface area contributed by atoms with Crippen molar-refractivity contribution in [1.82, 2.24) is 14.9 Å². The van der Waals surface area contributed by atoms with Crippen LogP contribution in [0.15, 0.2) is 42.3 Å². The molecule has 0 fully saturated rings. The molecule has 2 aromatic heterocycles. The molecule has 0 N–H and O–H groups in total. The molecule has 3 nitrogen and oxygen atoms in total. The molecule has 4 rings (SSSR count). The Kier molecular flexibility index (Phi) is 3.28. The predicted octanol–water partition coefficient (Wildman–Crippen LogP) is 3.71. The van der Waals surface area contributed by atoms with E-state index >= 15 is 0 Å². The van der Waals surface area contributed by atoms with E-state index in [4.69, 9.17) is 16.6 Å². The molecule has 5 heteroatoms. The fourth-order valence-corrected chi connectivity index (χ4v) is 3.84. The van der Waals surface area contributed by atoms with E-state index in [0.717, 1.165) is 36.5 Å². The summed E-state index contributed by atoms with van der Waals surface area (Å²) in [6, 6.07) is 3.81. The zero-order valence-electron chi connectivity index (χ0n) is 11.4. The minimum absolute atomic E-state index is 0.523. The van der Waals surface area contributed by atoms with Crippen LogP contribution in [-0.2, 0) is 12.8 Å². The van der Waals surface area contributed by atoms with Gasteiger partial charge < -0.3 is 4.90 Å². The highest BCUT2D eigenvalue weighted by molar-refractivity contribution is 7.15. The summed E-state index contributed by atoms with van der Waals surface area (Å²) in [7, 11) is 0. The number of thiazole rings is 1. The zero-order chi connectivity index (χ0) is 14.2. The van der Waals surface area contributed by atoms with Gasteiger partial charge in [0.1, 0.15) is 10.2 Å². The summed E-state index contributed by atoms with van der Waals surface area (Å²) in [5, 5.41) is 1.58. The molecule has 21 heavy (non-hydrogen) atoms. The van der Waals surface area contributed by atoms with Gasteiger partial charge in [0.15, 0.2) is 0 Å². The monoisotopic (exact) mass is 315 g/mol. The van der Waals surface area contributed by atoms with Gasteiger partial charge in [-0.1, -0.05) is 17.7 Å². The Bertz CT molecular complexity index is 705. The van der Waals surface area contributed by atoms with Crippen LogP contribution in [0.5, 0.6) is 0 Å². The van der Waals surface area contributed by atoms with Gasteiger partial charge in [-0.3, -0.25) is 0 Å². The second kappa shape index (κ2) is 5.28. The molecule has 106 valence electrons. The van der Waals surface area contributed by atoms with Crippen molar-refractivity contribution in [3.63, 3.8) is 0 Å². The summed E-state index contributed by atoms with van der Waals surface area (Å²) < 4.78 is 0. The number of hydrogen-bond acceptors (Lipinski definition) is 4. The number of fused-ring (bicyclic) bond motifs is 1. The predicted molar refractivity (Wildman–Crippen MR) is 86.6 cm³/mol. The third-order valence-electron chi connectivity index (χ3n) is 3.88. The first-order chi connectivity index (χ1) is 10.3. The Morgan fingerprint density at radius 1 is 1.19 bits per heavy atom. The van der Waals surface area contributed by atoms with Crippen LogP contribution in [0.25, 0.3) is 10.6 Å². The summed E-state index contributed by atoms with van der Waals surface area (Å²) in [5.74, 6) is 0. The van der Waals surface area contributed by atoms with Crippen molar-refractivity contribution in [1.29, 1.82) is 0 Å². The van der Waals surface area contributed by atoms with Gasteiger partial charge >= 0.3 is 0 Å². The number of halogens is 1. The van der Waals surface area contributed by atoms with E-state index in [2.05, 4.69) is 28.1 Å². The van der Waals surface area contributed by atoms with E-state index in [9.17, 15) is 0 Å². The van der Waals surface area contributed by atoms with Crippen LogP contribution in [0.4, 0.5) is 0 Å². The molecule has 1 aliphatic carbocycles. The number of hydrogen-bond donors (Lipinski definition) is 0. The molecule has 2 aliphatic rings. The van der Waals surface area contributed by atoms with Crippen molar-refractivity contribution in [2.45, 2.75) is 12.8 Å². The van der Waals surface area contributed by atoms with Crippen molar-refractivity contribution in [2.75, 3.05) is 13.1 Å². The second-order valence-corrected chi connectivity index (χ2v) is 6.67. The van der Waals surface area contributed by atoms with Gasteiger partial charge in [0, 0.05) is 48.3 Å². The van der Waals surface area contributed by atoms with Gasteiger partial charge in [0.05, 0.1) is 5.69 Å². The fourth-order valence-electron chi connectivity index (χ4n) is 2.64. The van der Waals surface area contributed by atoms with Crippen molar-refractivity contribution < 1.29 is 0 Å². The third kappa shape index (κ3) is 2.49. The number of nitrogens with zero attached hydrogens (tertiary/aromatic N) is 3. The lowest BCUT2D eigenvalue weighted by Gasteiger charge is -2.26. The SMILES string of the molecule is Clc1ccc(-c2nc3c(s2)CCN(C2=CC=C2)CC3)cn1. The molecule has 0 saturated carbocycles. The lowest BCUT2D eigenvalue weighted by molar-refractivity contribution is 0.369. The maximum Gasteiger partial charge on any atom is 0.129 e. The molecule has 3 heterocycles. The van der Waals surface area contributed by atoms with Crippen LogP contribution in [-0.4, -0.2) is 28.0 Å². The van der Waals surface area contributed by atoms with Crippen LogP contribution in [0.2, 0.25) is 5.15 Å². The number of pyridine rings is 1. The standard InChI is InChI=1S/C16H14ClN3S/c17-15-5-4-11(10-18-15)16-19-13-6-8-20(12-2-1-3-12)9-7-14(13)21-16/h1-5,10H,6-9H2. The summed E-state index contributed by atoms with van der Waals surface area (Å²) in [5.41, 5.74) is 3.66.